The Bertz CT molecular complexity index is 2360. The molecule has 0 bridgehead atoms. The van der Waals surface area contributed by atoms with E-state index in [2.05, 4.69) is 21.3 Å². The fourth-order valence-corrected chi connectivity index (χ4v) is 11.1. The van der Waals surface area contributed by atoms with Crippen LogP contribution in [-0.4, -0.2) is 226 Å². The van der Waals surface area contributed by atoms with Crippen molar-refractivity contribution in [3.05, 3.63) is 12.2 Å². The van der Waals surface area contributed by atoms with Gasteiger partial charge in [0, 0.05) is 48.8 Å². The molecular formula is C63H113N11O12. The lowest BCUT2D eigenvalue weighted by Crippen LogP contribution is -2.64. The van der Waals surface area contributed by atoms with Gasteiger partial charge in [-0.25, -0.2) is 0 Å². The van der Waals surface area contributed by atoms with Crippen LogP contribution in [0.3, 0.4) is 0 Å². The lowest BCUT2D eigenvalue weighted by atomic mass is 9.91. The minimum absolute atomic E-state index is 0.0109. The Balaban J connectivity index is 4.39. The first-order valence-electron chi connectivity index (χ1n) is 31.1. The fourth-order valence-electron chi connectivity index (χ4n) is 11.1. The van der Waals surface area contributed by atoms with E-state index in [0.717, 1.165) is 4.90 Å². The normalized spacial score (nSPS) is 27.6. The maximum Gasteiger partial charge on any atom is 0.246 e. The summed E-state index contributed by atoms with van der Waals surface area (Å²) < 4.78 is 0. The number of nitrogens with zero attached hydrogens (tertiary/aromatic N) is 7. The molecule has 1 aliphatic heterocycles. The highest BCUT2D eigenvalue weighted by molar-refractivity contribution is 6.00. The van der Waals surface area contributed by atoms with Crippen LogP contribution in [0.1, 0.15) is 164 Å². The van der Waals surface area contributed by atoms with Gasteiger partial charge in [-0.1, -0.05) is 109 Å². The third-order valence-corrected chi connectivity index (χ3v) is 16.6. The number of hydrogen-bond donors (Lipinski definition) is 5. The molecule has 0 aliphatic carbocycles. The summed E-state index contributed by atoms with van der Waals surface area (Å²) in [5.41, 5.74) is 0. The first-order chi connectivity index (χ1) is 39.7. The zero-order chi connectivity index (χ0) is 66.8. The van der Waals surface area contributed by atoms with Gasteiger partial charge in [0.15, 0.2) is 0 Å². The zero-order valence-corrected chi connectivity index (χ0v) is 56.9. The van der Waals surface area contributed by atoms with Crippen LogP contribution in [0.4, 0.5) is 0 Å². The summed E-state index contributed by atoms with van der Waals surface area (Å²) >= 11 is 0. The van der Waals surface area contributed by atoms with E-state index >= 15 is 9.59 Å². The van der Waals surface area contributed by atoms with Gasteiger partial charge in [-0.15, -0.1) is 0 Å². The SMILES string of the molecule is C/C=C/C[C@@H](C)[C@@H](O)[C@H]1C(=O)NC(CC)C(=O)N(C)[C@H](C)C(=O)N(CC)[C@@H](C(C)C)C(=O)N[C@@H](C(C)C)C(=O)N(C)[C@@H](CC(C)C)C(=O)N[C@@H](C)C(=O)N[C@H](C)C(=O)N(C)[C@@H](CC(C)C)C(=O)N(C)[C@@H](CC(C)C)C(=O)N(C)[C@@H](C(C)C)C(=O)N1C. The van der Waals surface area contributed by atoms with Gasteiger partial charge in [-0.2, -0.15) is 0 Å². The van der Waals surface area contributed by atoms with Crippen molar-refractivity contribution in [2.24, 2.45) is 41.4 Å². The number of aliphatic hydroxyl groups excluding tert-OH is 1. The van der Waals surface area contributed by atoms with E-state index < -0.39 is 161 Å². The van der Waals surface area contributed by atoms with Crippen molar-refractivity contribution in [1.29, 1.82) is 0 Å². The molecule has 1 aliphatic rings. The molecule has 86 heavy (non-hydrogen) atoms. The summed E-state index contributed by atoms with van der Waals surface area (Å²) in [7, 11) is 8.53. The van der Waals surface area contributed by atoms with Crippen molar-refractivity contribution < 1.29 is 57.8 Å². The summed E-state index contributed by atoms with van der Waals surface area (Å²) in [6.45, 7) is 32.8. The molecule has 13 atom stereocenters. The highest BCUT2D eigenvalue weighted by Gasteiger charge is 2.46. The molecule has 0 aromatic rings. The van der Waals surface area contributed by atoms with Crippen LogP contribution >= 0.6 is 0 Å². The first kappa shape index (κ1) is 77.9. The molecular weight excluding hydrogens is 1100 g/mol. The predicted molar refractivity (Wildman–Crippen MR) is 333 cm³/mol. The second-order valence-corrected chi connectivity index (χ2v) is 26.2. The number of carbonyl (C=O) groups is 11. The van der Waals surface area contributed by atoms with Gasteiger partial charge < -0.3 is 60.7 Å². The van der Waals surface area contributed by atoms with Crippen LogP contribution in [0.25, 0.3) is 0 Å². The molecule has 0 aromatic carbocycles. The van der Waals surface area contributed by atoms with Crippen molar-refractivity contribution >= 4 is 65.0 Å². The van der Waals surface area contributed by atoms with Gasteiger partial charge in [-0.05, 0) is 108 Å². The molecule has 0 saturated carbocycles. The minimum Gasteiger partial charge on any atom is -0.390 e. The van der Waals surface area contributed by atoms with E-state index in [1.807, 2.05) is 47.6 Å². The lowest BCUT2D eigenvalue weighted by Gasteiger charge is -2.41. The molecule has 1 fully saturated rings. The molecule has 492 valence electrons. The molecule has 5 N–H and O–H groups in total. The van der Waals surface area contributed by atoms with Crippen LogP contribution in [0.2, 0.25) is 0 Å². The predicted octanol–water partition coefficient (Wildman–Crippen LogP) is 3.66. The Morgan fingerprint density at radius 1 is 0.442 bits per heavy atom. The van der Waals surface area contributed by atoms with E-state index in [9.17, 15) is 48.3 Å². The van der Waals surface area contributed by atoms with Crippen LogP contribution < -0.4 is 21.3 Å². The number of nitrogens with one attached hydrogen (secondary N) is 4. The minimum atomic E-state index is -1.62. The third kappa shape index (κ3) is 20.5. The molecule has 23 nitrogen and oxygen atoms in total. The number of aliphatic hydroxyl groups is 1. The van der Waals surface area contributed by atoms with Crippen LogP contribution in [0.15, 0.2) is 12.2 Å². The van der Waals surface area contributed by atoms with Gasteiger partial charge in [0.25, 0.3) is 0 Å². The van der Waals surface area contributed by atoms with Crippen molar-refractivity contribution in [2.75, 3.05) is 48.8 Å². The quantitative estimate of drug-likeness (QED) is 0.147. The van der Waals surface area contributed by atoms with Gasteiger partial charge in [0.05, 0.1) is 6.10 Å². The van der Waals surface area contributed by atoms with E-state index in [1.165, 1.54) is 92.5 Å². The lowest BCUT2D eigenvalue weighted by molar-refractivity contribution is -0.157. The monoisotopic (exact) mass is 1220 g/mol. The summed E-state index contributed by atoms with van der Waals surface area (Å²) in [5.74, 6) is -10.1. The van der Waals surface area contributed by atoms with Crippen molar-refractivity contribution in [1.82, 2.24) is 55.6 Å². The van der Waals surface area contributed by atoms with Gasteiger partial charge in [-0.3, -0.25) is 52.7 Å². The summed E-state index contributed by atoms with van der Waals surface area (Å²) in [5, 5.41) is 23.2. The molecule has 23 heteroatoms. The van der Waals surface area contributed by atoms with E-state index in [1.54, 1.807) is 75.3 Å². The Hall–Kier alpha value is -6.13. The number of rotatable bonds is 15. The average molecular weight is 1220 g/mol. The highest BCUT2D eigenvalue weighted by atomic mass is 16.3. The van der Waals surface area contributed by atoms with Gasteiger partial charge in [0.2, 0.25) is 65.0 Å². The van der Waals surface area contributed by atoms with Crippen LogP contribution in [0, 0.1) is 41.4 Å². The van der Waals surface area contributed by atoms with Gasteiger partial charge >= 0.3 is 0 Å². The number of likely N-dealkylation sites (N-methyl/N-ethyl adjacent to an activating group) is 7. The molecule has 0 spiro atoms. The number of allylic oxidation sites excluding steroid dienone is 2. The molecule has 1 heterocycles. The maximum absolute atomic E-state index is 15.2. The van der Waals surface area contributed by atoms with Crippen LogP contribution in [-0.2, 0) is 52.7 Å². The molecule has 0 radical (unpaired) electrons. The molecule has 0 aromatic heterocycles. The van der Waals surface area contributed by atoms with Crippen LogP contribution in [0.5, 0.6) is 0 Å². The zero-order valence-electron chi connectivity index (χ0n) is 56.9. The third-order valence-electron chi connectivity index (χ3n) is 16.6. The van der Waals surface area contributed by atoms with E-state index in [0.29, 0.717) is 6.42 Å². The summed E-state index contributed by atoms with van der Waals surface area (Å²) in [6.07, 6.45) is 2.87. The fraction of sp³-hybridized carbons (Fsp3) is 0.794. The van der Waals surface area contributed by atoms with E-state index in [4.69, 9.17) is 0 Å². The smallest absolute Gasteiger partial charge is 0.246 e. The summed E-state index contributed by atoms with van der Waals surface area (Å²) in [6, 6.07) is -13.6. The highest BCUT2D eigenvalue weighted by Crippen LogP contribution is 2.26. The van der Waals surface area contributed by atoms with Crippen molar-refractivity contribution in [2.45, 2.75) is 236 Å². The second kappa shape index (κ2) is 35.0. The Labute approximate surface area is 515 Å². The molecule has 1 rings (SSSR count). The average Bonchev–Trinajstić information content (AvgIpc) is 1.38. The Kier molecular flexibility index (Phi) is 31.7. The molecule has 1 unspecified atom stereocenters. The van der Waals surface area contributed by atoms with Crippen molar-refractivity contribution in [3.8, 4) is 0 Å². The largest absolute Gasteiger partial charge is 0.390 e. The van der Waals surface area contributed by atoms with E-state index in [-0.39, 0.29) is 50.0 Å². The second-order valence-electron chi connectivity index (χ2n) is 26.2. The number of amides is 11. The van der Waals surface area contributed by atoms with Gasteiger partial charge in [0.1, 0.15) is 66.5 Å². The number of hydrogen-bond acceptors (Lipinski definition) is 12. The molecule has 1 saturated heterocycles. The Morgan fingerprint density at radius 3 is 1.31 bits per heavy atom. The Morgan fingerprint density at radius 2 is 0.872 bits per heavy atom. The van der Waals surface area contributed by atoms with Crippen molar-refractivity contribution in [3.63, 3.8) is 0 Å². The molecule has 11 amide bonds. The number of carbonyl (C=O) groups excluding carboxylic acids is 11. The summed E-state index contributed by atoms with van der Waals surface area (Å²) in [4.78, 5) is 170. The topological polar surface area (TPSA) is 279 Å². The maximum atomic E-state index is 15.2. The first-order valence-corrected chi connectivity index (χ1v) is 31.1. The standard InChI is InChI=1S/C63H113N11O12/c1-26-29-30-40(16)52(75)51-56(79)66-44(27-2)59(82)68(20)43(19)58(81)74(28-3)49(38(12)13)55(78)67-48(37(10)11)62(85)69(21)45(31-34(4)5)54(77)64-41(17)53(76)65-42(18)57(80)70(22)46(32-35(6)7)60(83)71(23)47(33-36(8)9)61(84)72(24)50(39(14)15)63(86)73(51)25/h26,29,34-52,75H,27-28,30-33H2,1-25H3,(H,64,77)(H,65,76)(H,66,79)(H,67,78)/b29-26+/t40-,41+,42-,43-,44?,45+,46+,47+,48+,49+,50+,51+,52-/m1/s1.